The van der Waals surface area contributed by atoms with E-state index in [1.165, 1.54) is 6.20 Å². The van der Waals surface area contributed by atoms with Crippen molar-refractivity contribution in [3.05, 3.63) is 23.6 Å². The minimum absolute atomic E-state index is 0.289. The van der Waals surface area contributed by atoms with E-state index in [2.05, 4.69) is 29.0 Å². The number of halogens is 1. The number of aromatic nitrogens is 1. The number of ether oxygens (including phenoxy) is 1. The largest absolute Gasteiger partial charge is 0.383 e. The smallest absolute Gasteiger partial charge is 0.141 e. The molecule has 0 aromatic carbocycles. The van der Waals surface area contributed by atoms with Crippen molar-refractivity contribution in [3.8, 4) is 0 Å². The fourth-order valence-electron chi connectivity index (χ4n) is 2.50. The summed E-state index contributed by atoms with van der Waals surface area (Å²) in [6.07, 6.45) is 3.35. The van der Waals surface area contributed by atoms with Crippen LogP contribution in [0.15, 0.2) is 12.3 Å². The molecule has 0 saturated heterocycles. The van der Waals surface area contributed by atoms with Crippen LogP contribution in [0.3, 0.4) is 0 Å². The summed E-state index contributed by atoms with van der Waals surface area (Å²) in [6.45, 7) is 9.24. The van der Waals surface area contributed by atoms with Crippen LogP contribution in [0, 0.1) is 5.82 Å². The third-order valence-corrected chi connectivity index (χ3v) is 3.67. The molecule has 1 rings (SSSR count). The summed E-state index contributed by atoms with van der Waals surface area (Å²) in [5.74, 6) is 0.575. The monoisotopic (exact) mass is 297 g/mol. The van der Waals surface area contributed by atoms with Crippen molar-refractivity contribution in [1.82, 2.24) is 10.3 Å². The quantitative estimate of drug-likeness (QED) is 0.720. The van der Waals surface area contributed by atoms with Crippen LogP contribution in [0.25, 0.3) is 0 Å². The molecule has 0 radical (unpaired) electrons. The van der Waals surface area contributed by atoms with Gasteiger partial charge in [-0.05, 0) is 25.5 Å². The van der Waals surface area contributed by atoms with Crippen molar-refractivity contribution in [1.29, 1.82) is 0 Å². The van der Waals surface area contributed by atoms with Crippen molar-refractivity contribution in [2.24, 2.45) is 0 Å². The summed E-state index contributed by atoms with van der Waals surface area (Å²) in [4.78, 5) is 6.60. The fraction of sp³-hybridized carbons (Fsp3) is 0.688. The molecular formula is C16H28FN3O. The van der Waals surface area contributed by atoms with Crippen molar-refractivity contribution in [3.63, 3.8) is 0 Å². The topological polar surface area (TPSA) is 37.4 Å². The predicted molar refractivity (Wildman–Crippen MR) is 85.2 cm³/mol. The number of pyridine rings is 1. The van der Waals surface area contributed by atoms with Crippen LogP contribution in [0.5, 0.6) is 0 Å². The Morgan fingerprint density at radius 3 is 2.62 bits per heavy atom. The molecule has 0 atom stereocenters. The molecule has 0 amide bonds. The van der Waals surface area contributed by atoms with Crippen molar-refractivity contribution in [2.45, 2.75) is 46.2 Å². The van der Waals surface area contributed by atoms with E-state index in [4.69, 9.17) is 4.74 Å². The summed E-state index contributed by atoms with van der Waals surface area (Å²) in [6, 6.07) is 1.96. The van der Waals surface area contributed by atoms with Gasteiger partial charge in [-0.25, -0.2) is 9.37 Å². The molecular weight excluding hydrogens is 269 g/mol. The zero-order valence-corrected chi connectivity index (χ0v) is 13.7. The van der Waals surface area contributed by atoms with Crippen LogP contribution in [0.1, 0.15) is 39.2 Å². The number of hydrogen-bond acceptors (Lipinski definition) is 4. The Morgan fingerprint density at radius 2 is 2.05 bits per heavy atom. The van der Waals surface area contributed by atoms with Gasteiger partial charge in [0.1, 0.15) is 11.6 Å². The number of nitrogens with zero attached hydrogens (tertiary/aromatic N) is 2. The van der Waals surface area contributed by atoms with Gasteiger partial charge in [-0.2, -0.15) is 0 Å². The van der Waals surface area contributed by atoms with Gasteiger partial charge in [0.25, 0.3) is 0 Å². The number of rotatable bonds is 10. The molecule has 21 heavy (non-hydrogen) atoms. The van der Waals surface area contributed by atoms with E-state index in [1.54, 1.807) is 13.2 Å². The molecule has 1 N–H and O–H groups in total. The molecule has 0 aliphatic rings. The zero-order chi connectivity index (χ0) is 15.7. The van der Waals surface area contributed by atoms with Gasteiger partial charge < -0.3 is 15.0 Å². The predicted octanol–water partition coefficient (Wildman–Crippen LogP) is 2.97. The summed E-state index contributed by atoms with van der Waals surface area (Å²) < 4.78 is 18.7. The van der Waals surface area contributed by atoms with E-state index >= 15 is 0 Å². The van der Waals surface area contributed by atoms with Gasteiger partial charge in [0.2, 0.25) is 0 Å². The first-order valence-electron chi connectivity index (χ1n) is 7.78. The lowest BCUT2D eigenvalue weighted by Gasteiger charge is -2.33. The van der Waals surface area contributed by atoms with Crippen LogP contribution in [-0.4, -0.2) is 37.8 Å². The van der Waals surface area contributed by atoms with Gasteiger partial charge in [0.15, 0.2) is 0 Å². The average Bonchev–Trinajstić information content (AvgIpc) is 2.50. The van der Waals surface area contributed by atoms with Crippen molar-refractivity contribution < 1.29 is 9.13 Å². The van der Waals surface area contributed by atoms with Crippen molar-refractivity contribution >= 4 is 5.82 Å². The Labute approximate surface area is 127 Å². The Hall–Kier alpha value is -1.20. The third-order valence-electron chi connectivity index (χ3n) is 3.67. The molecule has 1 aromatic rings. The zero-order valence-electron chi connectivity index (χ0n) is 13.7. The highest BCUT2D eigenvalue weighted by Crippen LogP contribution is 2.23. The first-order valence-corrected chi connectivity index (χ1v) is 7.78. The molecule has 4 nitrogen and oxygen atoms in total. The number of anilines is 1. The van der Waals surface area contributed by atoms with Crippen LogP contribution < -0.4 is 10.2 Å². The van der Waals surface area contributed by atoms with E-state index in [1.807, 2.05) is 6.92 Å². The van der Waals surface area contributed by atoms with E-state index < -0.39 is 0 Å². The Bertz CT molecular complexity index is 411. The highest BCUT2D eigenvalue weighted by molar-refractivity contribution is 5.48. The maximum absolute atomic E-state index is 13.5. The highest BCUT2D eigenvalue weighted by atomic mass is 19.1. The van der Waals surface area contributed by atoms with E-state index in [0.717, 1.165) is 37.3 Å². The molecule has 0 bridgehead atoms. The normalized spacial score (nSPS) is 11.1. The molecule has 5 heteroatoms. The van der Waals surface area contributed by atoms with Gasteiger partial charge in [-0.3, -0.25) is 0 Å². The molecule has 0 fully saturated rings. The van der Waals surface area contributed by atoms with Gasteiger partial charge in [0.05, 0.1) is 12.8 Å². The van der Waals surface area contributed by atoms with Crippen LogP contribution >= 0.6 is 0 Å². The SMILES string of the molecule is CCNCc1cc(F)cnc1N(CCOC)C(CC)CC. The molecule has 0 aliphatic heterocycles. The highest BCUT2D eigenvalue weighted by Gasteiger charge is 2.20. The minimum atomic E-state index is -0.289. The molecule has 0 aliphatic carbocycles. The lowest BCUT2D eigenvalue weighted by molar-refractivity contribution is 0.202. The Kier molecular flexibility index (Phi) is 8.23. The van der Waals surface area contributed by atoms with Gasteiger partial charge >= 0.3 is 0 Å². The lowest BCUT2D eigenvalue weighted by Crippen LogP contribution is -2.38. The third kappa shape index (κ3) is 5.25. The first-order chi connectivity index (χ1) is 10.2. The average molecular weight is 297 g/mol. The molecule has 0 spiro atoms. The molecule has 0 unspecified atom stereocenters. The van der Waals surface area contributed by atoms with Crippen molar-refractivity contribution in [2.75, 3.05) is 31.7 Å². The second-order valence-corrected chi connectivity index (χ2v) is 5.07. The lowest BCUT2D eigenvalue weighted by atomic mass is 10.1. The van der Waals surface area contributed by atoms with E-state index in [0.29, 0.717) is 19.2 Å². The molecule has 1 heterocycles. The van der Waals surface area contributed by atoms with E-state index in [9.17, 15) is 4.39 Å². The maximum atomic E-state index is 13.5. The van der Waals surface area contributed by atoms with Crippen LogP contribution in [-0.2, 0) is 11.3 Å². The summed E-state index contributed by atoms with van der Waals surface area (Å²) in [5.41, 5.74) is 0.903. The first kappa shape index (κ1) is 17.9. The maximum Gasteiger partial charge on any atom is 0.141 e. The van der Waals surface area contributed by atoms with Crippen LogP contribution in [0.2, 0.25) is 0 Å². The second-order valence-electron chi connectivity index (χ2n) is 5.07. The summed E-state index contributed by atoms with van der Waals surface area (Å²) in [5, 5.41) is 3.25. The summed E-state index contributed by atoms with van der Waals surface area (Å²) >= 11 is 0. The van der Waals surface area contributed by atoms with Crippen LogP contribution in [0.4, 0.5) is 10.2 Å². The number of methoxy groups -OCH3 is 1. The Morgan fingerprint density at radius 1 is 1.33 bits per heavy atom. The summed E-state index contributed by atoms with van der Waals surface area (Å²) in [7, 11) is 1.70. The molecule has 0 saturated carbocycles. The fourth-order valence-corrected chi connectivity index (χ4v) is 2.50. The molecule has 120 valence electrons. The second kappa shape index (κ2) is 9.68. The Balaban J connectivity index is 3.08. The number of nitrogens with one attached hydrogen (secondary N) is 1. The number of hydrogen-bond donors (Lipinski definition) is 1. The van der Waals surface area contributed by atoms with Gasteiger partial charge in [-0.1, -0.05) is 20.8 Å². The standard InChI is InChI=1S/C16H28FN3O/c1-5-15(6-2)20(8-9-21-4)16-13(11-18-7-3)10-14(17)12-19-16/h10,12,15,18H,5-9,11H2,1-4H3. The van der Waals surface area contributed by atoms with E-state index in [-0.39, 0.29) is 5.82 Å². The van der Waals surface area contributed by atoms with Gasteiger partial charge in [0, 0.05) is 31.8 Å². The molecule has 1 aromatic heterocycles. The van der Waals surface area contributed by atoms with Gasteiger partial charge in [-0.15, -0.1) is 0 Å². The minimum Gasteiger partial charge on any atom is -0.383 e.